The van der Waals surface area contributed by atoms with Crippen molar-refractivity contribution < 1.29 is 8.81 Å². The molecular formula is C18H9FN2O. The van der Waals surface area contributed by atoms with Crippen molar-refractivity contribution in [2.45, 2.75) is 0 Å². The van der Waals surface area contributed by atoms with Crippen molar-refractivity contribution in [3.8, 4) is 17.3 Å². The molecule has 0 saturated carbocycles. The van der Waals surface area contributed by atoms with Gasteiger partial charge in [-0.15, -0.1) is 0 Å². The molecule has 0 aliphatic carbocycles. The first-order chi connectivity index (χ1) is 10.8. The molecule has 0 atom stereocenters. The highest BCUT2D eigenvalue weighted by molar-refractivity contribution is 6.09. The number of halogens is 1. The smallest absolute Gasteiger partial charge is 0.144 e. The fourth-order valence-electron chi connectivity index (χ4n) is 2.63. The molecule has 0 spiro atoms. The number of pyridine rings is 1. The van der Waals surface area contributed by atoms with Crippen LogP contribution in [0.3, 0.4) is 0 Å². The first kappa shape index (κ1) is 12.5. The third-order valence-corrected chi connectivity index (χ3v) is 3.65. The number of para-hydroxylation sites is 1. The number of fused-ring (bicyclic) bond motifs is 3. The molecular weight excluding hydrogens is 279 g/mol. The molecule has 3 nitrogen and oxygen atoms in total. The van der Waals surface area contributed by atoms with Gasteiger partial charge in [0.15, 0.2) is 0 Å². The Morgan fingerprint density at radius 3 is 2.73 bits per heavy atom. The van der Waals surface area contributed by atoms with E-state index in [0.29, 0.717) is 16.6 Å². The third-order valence-electron chi connectivity index (χ3n) is 3.65. The van der Waals surface area contributed by atoms with Crippen molar-refractivity contribution >= 4 is 21.9 Å². The van der Waals surface area contributed by atoms with Gasteiger partial charge in [0.2, 0.25) is 0 Å². The molecule has 0 radical (unpaired) electrons. The van der Waals surface area contributed by atoms with Gasteiger partial charge in [0.05, 0.1) is 11.3 Å². The molecule has 4 rings (SSSR count). The van der Waals surface area contributed by atoms with E-state index in [9.17, 15) is 4.39 Å². The minimum absolute atomic E-state index is 0.0223. The zero-order valence-electron chi connectivity index (χ0n) is 11.4. The van der Waals surface area contributed by atoms with Crippen LogP contribution in [-0.2, 0) is 0 Å². The van der Waals surface area contributed by atoms with Crippen LogP contribution in [-0.4, -0.2) is 4.98 Å². The Labute approximate surface area is 125 Å². The lowest BCUT2D eigenvalue weighted by molar-refractivity contribution is 0.622. The van der Waals surface area contributed by atoms with E-state index in [1.54, 1.807) is 6.20 Å². The van der Waals surface area contributed by atoms with Crippen molar-refractivity contribution in [1.82, 2.24) is 4.98 Å². The van der Waals surface area contributed by atoms with Crippen LogP contribution in [0, 0.1) is 17.1 Å². The van der Waals surface area contributed by atoms with Gasteiger partial charge in [0, 0.05) is 28.6 Å². The fraction of sp³-hybridized carbons (Fsp3) is 0. The van der Waals surface area contributed by atoms with Crippen molar-refractivity contribution in [2.75, 3.05) is 0 Å². The van der Waals surface area contributed by atoms with Gasteiger partial charge in [-0.1, -0.05) is 18.2 Å². The van der Waals surface area contributed by atoms with E-state index in [0.717, 1.165) is 16.6 Å². The van der Waals surface area contributed by atoms with Crippen LogP contribution in [0.2, 0.25) is 0 Å². The summed E-state index contributed by atoms with van der Waals surface area (Å²) in [7, 11) is 0. The van der Waals surface area contributed by atoms with Crippen molar-refractivity contribution in [1.29, 1.82) is 5.26 Å². The number of benzene rings is 2. The molecule has 0 N–H and O–H groups in total. The summed E-state index contributed by atoms with van der Waals surface area (Å²) in [6, 6.07) is 15.9. The highest BCUT2D eigenvalue weighted by Crippen LogP contribution is 2.35. The Morgan fingerprint density at radius 1 is 1.05 bits per heavy atom. The van der Waals surface area contributed by atoms with Gasteiger partial charge >= 0.3 is 0 Å². The van der Waals surface area contributed by atoms with Crippen LogP contribution in [0.15, 0.2) is 59.1 Å². The van der Waals surface area contributed by atoms with Crippen LogP contribution in [0.4, 0.5) is 4.39 Å². The number of rotatable bonds is 1. The van der Waals surface area contributed by atoms with E-state index in [2.05, 4.69) is 4.98 Å². The predicted octanol–water partition coefficient (Wildman–Crippen LogP) is 4.66. The van der Waals surface area contributed by atoms with E-state index in [1.807, 2.05) is 42.5 Å². The molecule has 22 heavy (non-hydrogen) atoms. The van der Waals surface area contributed by atoms with E-state index in [4.69, 9.17) is 9.68 Å². The van der Waals surface area contributed by atoms with E-state index in [1.165, 1.54) is 12.1 Å². The standard InChI is InChI=1S/C18H9FN2O/c19-15-9-14-12-4-3-5-13(16-6-1-2-7-21-16)18(12)22-17(14)8-11(15)10-20/h1-9H. The molecule has 2 heterocycles. The SMILES string of the molecule is N#Cc1cc2oc3c(-c4ccccn4)cccc3c2cc1F. The first-order valence-corrected chi connectivity index (χ1v) is 6.74. The van der Waals surface area contributed by atoms with Crippen LogP contribution in [0.5, 0.6) is 0 Å². The second kappa shape index (κ2) is 4.68. The van der Waals surface area contributed by atoms with E-state index < -0.39 is 5.82 Å². The minimum Gasteiger partial charge on any atom is -0.455 e. The zero-order valence-corrected chi connectivity index (χ0v) is 11.4. The monoisotopic (exact) mass is 288 g/mol. The normalized spacial score (nSPS) is 10.9. The maximum absolute atomic E-state index is 13.9. The van der Waals surface area contributed by atoms with Crippen molar-refractivity contribution in [3.05, 3.63) is 66.1 Å². The van der Waals surface area contributed by atoms with E-state index >= 15 is 0 Å². The molecule has 2 aromatic heterocycles. The first-order valence-electron chi connectivity index (χ1n) is 6.74. The molecule has 4 aromatic rings. The van der Waals surface area contributed by atoms with E-state index in [-0.39, 0.29) is 5.56 Å². The number of hydrogen-bond donors (Lipinski definition) is 0. The second-order valence-corrected chi connectivity index (χ2v) is 4.94. The van der Waals surface area contributed by atoms with Crippen LogP contribution in [0.25, 0.3) is 33.2 Å². The molecule has 0 unspecified atom stereocenters. The van der Waals surface area contributed by atoms with Crippen molar-refractivity contribution in [2.24, 2.45) is 0 Å². The fourth-order valence-corrected chi connectivity index (χ4v) is 2.63. The quantitative estimate of drug-likeness (QED) is 0.512. The largest absolute Gasteiger partial charge is 0.455 e. The highest BCUT2D eigenvalue weighted by Gasteiger charge is 2.15. The number of aromatic nitrogens is 1. The summed E-state index contributed by atoms with van der Waals surface area (Å²) in [5.41, 5.74) is 2.74. The van der Waals surface area contributed by atoms with Crippen LogP contribution < -0.4 is 0 Å². The van der Waals surface area contributed by atoms with Gasteiger partial charge in [-0.2, -0.15) is 5.26 Å². The Kier molecular flexibility index (Phi) is 2.67. The molecule has 0 bridgehead atoms. The third kappa shape index (κ3) is 1.76. The summed E-state index contributed by atoms with van der Waals surface area (Å²) >= 11 is 0. The Hall–Kier alpha value is -3.19. The second-order valence-electron chi connectivity index (χ2n) is 4.94. The van der Waals surface area contributed by atoms with Gasteiger partial charge in [0.25, 0.3) is 0 Å². The maximum Gasteiger partial charge on any atom is 0.144 e. The van der Waals surface area contributed by atoms with Crippen LogP contribution >= 0.6 is 0 Å². The van der Waals surface area contributed by atoms with Gasteiger partial charge in [-0.3, -0.25) is 4.98 Å². The molecule has 104 valence electrons. The lowest BCUT2D eigenvalue weighted by atomic mass is 10.1. The topological polar surface area (TPSA) is 49.8 Å². The zero-order chi connectivity index (χ0) is 15.1. The predicted molar refractivity (Wildman–Crippen MR) is 81.6 cm³/mol. The number of furan rings is 1. The summed E-state index contributed by atoms with van der Waals surface area (Å²) < 4.78 is 19.8. The minimum atomic E-state index is -0.541. The highest BCUT2D eigenvalue weighted by atomic mass is 19.1. The van der Waals surface area contributed by atoms with Crippen molar-refractivity contribution in [3.63, 3.8) is 0 Å². The number of nitriles is 1. The summed E-state index contributed by atoms with van der Waals surface area (Å²) in [6.07, 6.45) is 1.71. The maximum atomic E-state index is 13.9. The van der Waals surface area contributed by atoms with Gasteiger partial charge in [0.1, 0.15) is 23.1 Å². The van der Waals surface area contributed by atoms with Gasteiger partial charge < -0.3 is 4.42 Å². The Morgan fingerprint density at radius 2 is 1.95 bits per heavy atom. The summed E-state index contributed by atoms with van der Waals surface area (Å²) in [5, 5.41) is 10.4. The molecule has 2 aromatic carbocycles. The Balaban J connectivity index is 2.10. The molecule has 0 saturated heterocycles. The summed E-state index contributed by atoms with van der Waals surface area (Å²) in [6.45, 7) is 0. The molecule has 0 aliphatic rings. The Bertz CT molecular complexity index is 1050. The lowest BCUT2D eigenvalue weighted by Crippen LogP contribution is -1.82. The average Bonchev–Trinajstić information content (AvgIpc) is 2.92. The average molecular weight is 288 g/mol. The molecule has 4 heteroatoms. The van der Waals surface area contributed by atoms with Gasteiger partial charge in [-0.05, 0) is 24.3 Å². The molecule has 0 fully saturated rings. The summed E-state index contributed by atoms with van der Waals surface area (Å²) in [5.74, 6) is -0.541. The summed E-state index contributed by atoms with van der Waals surface area (Å²) in [4.78, 5) is 4.33. The molecule has 0 aliphatic heterocycles. The lowest BCUT2D eigenvalue weighted by Gasteiger charge is -2.00. The number of nitrogens with zero attached hydrogens (tertiary/aromatic N) is 2. The molecule has 0 amide bonds. The number of hydrogen-bond acceptors (Lipinski definition) is 3. The van der Waals surface area contributed by atoms with Gasteiger partial charge in [-0.25, -0.2) is 4.39 Å². The van der Waals surface area contributed by atoms with Crippen LogP contribution in [0.1, 0.15) is 5.56 Å².